The Morgan fingerprint density at radius 1 is 1.06 bits per heavy atom. The minimum absolute atomic E-state index is 0.0201. The van der Waals surface area contributed by atoms with E-state index in [0.29, 0.717) is 22.0 Å². The number of anilines is 1. The van der Waals surface area contributed by atoms with Crippen molar-refractivity contribution in [2.75, 3.05) is 12.0 Å². The van der Waals surface area contributed by atoms with Crippen molar-refractivity contribution in [1.29, 1.82) is 0 Å². The zero-order chi connectivity index (χ0) is 24.9. The van der Waals surface area contributed by atoms with Crippen molar-refractivity contribution in [3.05, 3.63) is 88.5 Å². The van der Waals surface area contributed by atoms with Gasteiger partial charge in [0.25, 0.3) is 5.78 Å². The van der Waals surface area contributed by atoms with Crippen molar-refractivity contribution < 1.29 is 24.5 Å². The number of aryl methyl sites for hydroxylation is 2. The number of hydrogen-bond acceptors (Lipinski definition) is 7. The number of rotatable bonds is 4. The van der Waals surface area contributed by atoms with Gasteiger partial charge in [0.2, 0.25) is 0 Å². The number of aromatic hydroxyl groups is 1. The predicted octanol–water partition coefficient (Wildman–Crippen LogP) is 5.25. The van der Waals surface area contributed by atoms with Crippen LogP contribution < -0.4 is 9.64 Å². The molecule has 2 heterocycles. The van der Waals surface area contributed by atoms with E-state index in [1.165, 1.54) is 35.5 Å². The van der Waals surface area contributed by atoms with Crippen molar-refractivity contribution in [1.82, 2.24) is 4.98 Å². The fourth-order valence-electron chi connectivity index (χ4n) is 4.41. The minimum atomic E-state index is -0.967. The Morgan fingerprint density at radius 2 is 1.80 bits per heavy atom. The maximum absolute atomic E-state index is 13.4. The molecule has 3 aromatic carbocycles. The molecule has 1 unspecified atom stereocenters. The van der Waals surface area contributed by atoms with E-state index in [4.69, 9.17) is 9.72 Å². The summed E-state index contributed by atoms with van der Waals surface area (Å²) in [5, 5.41) is 21.7. The number of ketones is 1. The molecule has 8 heteroatoms. The van der Waals surface area contributed by atoms with Crippen LogP contribution >= 0.6 is 11.3 Å². The molecule has 4 aromatic rings. The van der Waals surface area contributed by atoms with Gasteiger partial charge >= 0.3 is 5.91 Å². The Hall–Kier alpha value is -4.17. The standard InChI is InChI=1S/C27H22N2O5S/c1-14-11-15(2)22-20(12-14)35-27(28-22)29-23(17-5-4-6-18(30)13-17)21(25(32)26(29)33)24(31)16-7-9-19(34-3)10-8-16/h4-13,23,30-31H,1-3H3. The molecule has 0 spiro atoms. The summed E-state index contributed by atoms with van der Waals surface area (Å²) in [6.07, 6.45) is 0. The SMILES string of the molecule is COc1ccc(C(O)=C2C(=O)C(=O)N(c3nc4c(C)cc(C)cc4s3)C2c2cccc(O)c2)cc1. The second-order valence-corrected chi connectivity index (χ2v) is 9.43. The van der Waals surface area contributed by atoms with Gasteiger partial charge in [0.15, 0.2) is 5.13 Å². The molecule has 1 aliphatic heterocycles. The van der Waals surface area contributed by atoms with Gasteiger partial charge in [-0.2, -0.15) is 0 Å². The van der Waals surface area contributed by atoms with Crippen molar-refractivity contribution in [3.8, 4) is 11.5 Å². The van der Waals surface area contributed by atoms with Crippen molar-refractivity contribution >= 4 is 44.1 Å². The third-order valence-electron chi connectivity index (χ3n) is 6.02. The molecule has 0 saturated carbocycles. The zero-order valence-corrected chi connectivity index (χ0v) is 20.1. The lowest BCUT2D eigenvalue weighted by atomic mass is 9.95. The number of amides is 1. The topological polar surface area (TPSA) is 100.0 Å². The van der Waals surface area contributed by atoms with Crippen LogP contribution in [-0.2, 0) is 9.59 Å². The van der Waals surface area contributed by atoms with Crippen molar-refractivity contribution in [3.63, 3.8) is 0 Å². The number of carbonyl (C=O) groups is 2. The maximum Gasteiger partial charge on any atom is 0.301 e. The summed E-state index contributed by atoms with van der Waals surface area (Å²) in [5.41, 5.74) is 3.55. The van der Waals surface area contributed by atoms with Gasteiger partial charge in [0, 0.05) is 5.56 Å². The fraction of sp³-hybridized carbons (Fsp3) is 0.148. The van der Waals surface area contributed by atoms with E-state index < -0.39 is 17.7 Å². The number of aliphatic hydroxyl groups is 1. The summed E-state index contributed by atoms with van der Waals surface area (Å²) in [6, 6.07) is 15.9. The first-order chi connectivity index (χ1) is 16.8. The normalized spacial score (nSPS) is 17.3. The highest BCUT2D eigenvalue weighted by molar-refractivity contribution is 7.22. The number of methoxy groups -OCH3 is 1. The summed E-state index contributed by atoms with van der Waals surface area (Å²) in [4.78, 5) is 32.7. The van der Waals surface area contributed by atoms with Crippen LogP contribution in [0.15, 0.2) is 66.2 Å². The van der Waals surface area contributed by atoms with E-state index in [1.807, 2.05) is 26.0 Å². The summed E-state index contributed by atoms with van der Waals surface area (Å²) in [6.45, 7) is 3.93. The third kappa shape index (κ3) is 3.81. The molecule has 1 atom stereocenters. The average molecular weight is 487 g/mol. The van der Waals surface area contributed by atoms with Gasteiger partial charge in [-0.05, 0) is 73.0 Å². The Balaban J connectivity index is 1.73. The molecule has 1 amide bonds. The Kier molecular flexibility index (Phi) is 5.53. The molecule has 0 radical (unpaired) electrons. The first kappa shape index (κ1) is 22.6. The summed E-state index contributed by atoms with van der Waals surface area (Å²) >= 11 is 1.30. The highest BCUT2D eigenvalue weighted by atomic mass is 32.1. The smallest absolute Gasteiger partial charge is 0.301 e. The third-order valence-corrected chi connectivity index (χ3v) is 7.02. The number of hydrogen-bond donors (Lipinski definition) is 2. The Labute approximate surface area is 205 Å². The molecule has 0 bridgehead atoms. The van der Waals surface area contributed by atoms with Crippen molar-refractivity contribution in [2.24, 2.45) is 0 Å². The molecular formula is C27H22N2O5S. The molecular weight excluding hydrogens is 464 g/mol. The molecule has 1 aromatic heterocycles. The summed E-state index contributed by atoms with van der Waals surface area (Å²) in [5.74, 6) is -1.35. The van der Waals surface area contributed by atoms with E-state index in [-0.39, 0.29) is 17.1 Å². The summed E-state index contributed by atoms with van der Waals surface area (Å²) in [7, 11) is 1.53. The molecule has 176 valence electrons. The van der Waals surface area contributed by atoms with E-state index >= 15 is 0 Å². The lowest BCUT2D eigenvalue weighted by Crippen LogP contribution is -2.29. The number of fused-ring (bicyclic) bond motifs is 1. The first-order valence-electron chi connectivity index (χ1n) is 10.9. The van der Waals surface area contributed by atoms with Gasteiger partial charge in [-0.3, -0.25) is 14.5 Å². The largest absolute Gasteiger partial charge is 0.508 e. The van der Waals surface area contributed by atoms with Gasteiger partial charge in [-0.25, -0.2) is 4.98 Å². The molecule has 0 aliphatic carbocycles. The van der Waals surface area contributed by atoms with Crippen molar-refractivity contribution in [2.45, 2.75) is 19.9 Å². The van der Waals surface area contributed by atoms with Crippen LogP contribution in [0, 0.1) is 13.8 Å². The van der Waals surface area contributed by atoms with Gasteiger partial charge in [-0.15, -0.1) is 0 Å². The van der Waals surface area contributed by atoms with E-state index in [1.54, 1.807) is 36.4 Å². The average Bonchev–Trinajstić information content (AvgIpc) is 3.37. The number of nitrogens with zero attached hydrogens (tertiary/aromatic N) is 2. The van der Waals surface area contributed by atoms with Crippen LogP contribution in [0.5, 0.6) is 11.5 Å². The number of phenols is 1. The number of aromatic nitrogens is 1. The molecule has 1 aliphatic rings. The second kappa shape index (κ2) is 8.56. The van der Waals surface area contributed by atoms with Crippen LogP contribution in [0.1, 0.15) is 28.3 Å². The Morgan fingerprint density at radius 3 is 2.49 bits per heavy atom. The van der Waals surface area contributed by atoms with Crippen LogP contribution in [0.3, 0.4) is 0 Å². The number of Topliss-reactive ketones (excluding diaryl/α,β-unsaturated/α-hetero) is 1. The number of carbonyl (C=O) groups excluding carboxylic acids is 2. The van der Waals surface area contributed by atoms with Crippen LogP contribution in [0.4, 0.5) is 5.13 Å². The molecule has 1 saturated heterocycles. The van der Waals surface area contributed by atoms with E-state index in [0.717, 1.165) is 21.3 Å². The lowest BCUT2D eigenvalue weighted by molar-refractivity contribution is -0.132. The van der Waals surface area contributed by atoms with Crippen LogP contribution in [0.25, 0.3) is 16.0 Å². The molecule has 35 heavy (non-hydrogen) atoms. The quantitative estimate of drug-likeness (QED) is 0.232. The van der Waals surface area contributed by atoms with Gasteiger partial charge in [0.05, 0.1) is 28.9 Å². The minimum Gasteiger partial charge on any atom is -0.508 e. The zero-order valence-electron chi connectivity index (χ0n) is 19.3. The molecule has 2 N–H and O–H groups in total. The van der Waals surface area contributed by atoms with Crippen LogP contribution in [0.2, 0.25) is 0 Å². The number of aliphatic hydroxyl groups excluding tert-OH is 1. The number of thiazole rings is 1. The van der Waals surface area contributed by atoms with E-state index in [2.05, 4.69) is 0 Å². The van der Waals surface area contributed by atoms with Crippen LogP contribution in [-0.4, -0.2) is 34.0 Å². The summed E-state index contributed by atoms with van der Waals surface area (Å²) < 4.78 is 6.07. The number of phenolic OH excluding ortho intramolecular Hbond substituents is 1. The molecule has 5 rings (SSSR count). The predicted molar refractivity (Wildman–Crippen MR) is 135 cm³/mol. The highest BCUT2D eigenvalue weighted by Gasteiger charge is 2.48. The number of benzene rings is 3. The maximum atomic E-state index is 13.4. The molecule has 7 nitrogen and oxygen atoms in total. The highest BCUT2D eigenvalue weighted by Crippen LogP contribution is 2.45. The van der Waals surface area contributed by atoms with Gasteiger partial charge in [-0.1, -0.05) is 29.5 Å². The lowest BCUT2D eigenvalue weighted by Gasteiger charge is -2.23. The van der Waals surface area contributed by atoms with Gasteiger partial charge < -0.3 is 14.9 Å². The number of ether oxygens (including phenoxy) is 1. The monoisotopic (exact) mass is 486 g/mol. The fourth-order valence-corrected chi connectivity index (χ4v) is 5.57. The molecule has 1 fully saturated rings. The Bertz CT molecular complexity index is 1520. The second-order valence-electron chi connectivity index (χ2n) is 8.42. The van der Waals surface area contributed by atoms with Gasteiger partial charge in [0.1, 0.15) is 17.3 Å². The first-order valence-corrected chi connectivity index (χ1v) is 11.7. The van der Waals surface area contributed by atoms with E-state index in [9.17, 15) is 19.8 Å².